The number of benzene rings is 1. The van der Waals surface area contributed by atoms with E-state index in [4.69, 9.17) is 16.7 Å². The van der Waals surface area contributed by atoms with Crippen LogP contribution in [0.25, 0.3) is 0 Å². The number of aryl methyl sites for hydroxylation is 1. The van der Waals surface area contributed by atoms with E-state index in [9.17, 15) is 18.4 Å². The van der Waals surface area contributed by atoms with Crippen molar-refractivity contribution in [3.8, 4) is 0 Å². The largest absolute Gasteiger partial charge is 0.481 e. The summed E-state index contributed by atoms with van der Waals surface area (Å²) in [6.07, 6.45) is 2.50. The molecule has 0 bridgehead atoms. The standard InChI is InChI=1S/C24H31ClF2N2O3/c1-22(2,3)9-7-15-5-6-17(11-19(15)25)23(4)18(16-12-24(26,27)13-16)14-29(21(32)28-23)10-8-20(30)31/h5-6,11,14,16H,7-10,12-13H2,1-4H3,(H,28,32)(H,30,31)/t23-/m0/s1. The molecule has 1 fully saturated rings. The summed E-state index contributed by atoms with van der Waals surface area (Å²) in [5.41, 5.74) is 1.52. The van der Waals surface area contributed by atoms with Crippen molar-refractivity contribution in [3.63, 3.8) is 0 Å². The summed E-state index contributed by atoms with van der Waals surface area (Å²) in [6.45, 7) is 8.25. The Morgan fingerprint density at radius 1 is 1.31 bits per heavy atom. The van der Waals surface area contributed by atoms with Crippen molar-refractivity contribution in [1.29, 1.82) is 0 Å². The van der Waals surface area contributed by atoms with Crippen LogP contribution in [0.2, 0.25) is 5.02 Å². The molecule has 0 aromatic heterocycles. The zero-order valence-corrected chi connectivity index (χ0v) is 19.7. The van der Waals surface area contributed by atoms with E-state index in [1.165, 1.54) is 4.90 Å². The second-order valence-corrected chi connectivity index (χ2v) is 10.7. The molecule has 2 N–H and O–H groups in total. The van der Waals surface area contributed by atoms with Gasteiger partial charge in [-0.25, -0.2) is 13.6 Å². The summed E-state index contributed by atoms with van der Waals surface area (Å²) in [7, 11) is 0. The van der Waals surface area contributed by atoms with Crippen LogP contribution in [0.4, 0.5) is 13.6 Å². The maximum absolute atomic E-state index is 13.7. The van der Waals surface area contributed by atoms with Crippen molar-refractivity contribution in [3.05, 3.63) is 46.1 Å². The highest BCUT2D eigenvalue weighted by molar-refractivity contribution is 6.31. The van der Waals surface area contributed by atoms with Gasteiger partial charge in [-0.15, -0.1) is 0 Å². The average molecular weight is 469 g/mol. The molecule has 1 atom stereocenters. The molecular formula is C24H31ClF2N2O3. The molecule has 8 heteroatoms. The maximum Gasteiger partial charge on any atom is 0.322 e. The summed E-state index contributed by atoms with van der Waals surface area (Å²) >= 11 is 6.58. The average Bonchev–Trinajstić information content (AvgIpc) is 2.63. The van der Waals surface area contributed by atoms with Gasteiger partial charge in [-0.05, 0) is 53.9 Å². The molecule has 1 saturated carbocycles. The normalized spacial score (nSPS) is 23.4. The molecular weight excluding hydrogens is 438 g/mol. The molecule has 1 aliphatic heterocycles. The molecule has 0 saturated heterocycles. The highest BCUT2D eigenvalue weighted by Gasteiger charge is 2.52. The molecule has 0 unspecified atom stereocenters. The minimum absolute atomic E-state index is 0.0314. The summed E-state index contributed by atoms with van der Waals surface area (Å²) in [4.78, 5) is 25.0. The summed E-state index contributed by atoms with van der Waals surface area (Å²) in [6, 6.07) is 5.17. The van der Waals surface area contributed by atoms with Crippen molar-refractivity contribution in [2.75, 3.05) is 6.54 Å². The van der Waals surface area contributed by atoms with Crippen LogP contribution in [-0.2, 0) is 16.8 Å². The van der Waals surface area contributed by atoms with Crippen molar-refractivity contribution in [2.24, 2.45) is 11.3 Å². The number of nitrogens with zero attached hydrogens (tertiary/aromatic N) is 1. The van der Waals surface area contributed by atoms with E-state index in [0.717, 1.165) is 24.0 Å². The number of nitrogens with one attached hydrogen (secondary N) is 1. The summed E-state index contributed by atoms with van der Waals surface area (Å²) in [5, 5.41) is 12.5. The van der Waals surface area contributed by atoms with Crippen LogP contribution in [0.5, 0.6) is 0 Å². The van der Waals surface area contributed by atoms with E-state index in [1.807, 2.05) is 12.1 Å². The third-order valence-corrected chi connectivity index (χ3v) is 6.71. The van der Waals surface area contributed by atoms with Gasteiger partial charge in [0.1, 0.15) is 0 Å². The van der Waals surface area contributed by atoms with Gasteiger partial charge in [0.05, 0.1) is 12.0 Å². The summed E-state index contributed by atoms with van der Waals surface area (Å²) < 4.78 is 27.4. The number of halogens is 3. The lowest BCUT2D eigenvalue weighted by Gasteiger charge is -2.47. The number of hydrogen-bond acceptors (Lipinski definition) is 2. The fourth-order valence-corrected chi connectivity index (χ4v) is 4.58. The molecule has 3 rings (SSSR count). The van der Waals surface area contributed by atoms with Gasteiger partial charge < -0.3 is 15.3 Å². The van der Waals surface area contributed by atoms with E-state index in [0.29, 0.717) is 10.6 Å². The van der Waals surface area contributed by atoms with E-state index < -0.39 is 29.4 Å². The summed E-state index contributed by atoms with van der Waals surface area (Å²) in [5.74, 6) is -4.18. The highest BCUT2D eigenvalue weighted by Crippen LogP contribution is 2.51. The van der Waals surface area contributed by atoms with Crippen LogP contribution in [0.15, 0.2) is 30.0 Å². The van der Waals surface area contributed by atoms with Gasteiger partial charge in [-0.2, -0.15) is 0 Å². The predicted octanol–water partition coefficient (Wildman–Crippen LogP) is 5.96. The Balaban J connectivity index is 1.93. The zero-order valence-electron chi connectivity index (χ0n) is 19.0. The topological polar surface area (TPSA) is 69.6 Å². The van der Waals surface area contributed by atoms with Crippen molar-refractivity contribution >= 4 is 23.6 Å². The fraction of sp³-hybridized carbons (Fsp3) is 0.583. The molecule has 1 heterocycles. The van der Waals surface area contributed by atoms with Crippen LogP contribution in [0.3, 0.4) is 0 Å². The lowest BCUT2D eigenvalue weighted by atomic mass is 9.67. The Hall–Kier alpha value is -2.15. The smallest absolute Gasteiger partial charge is 0.322 e. The molecule has 2 aliphatic rings. The van der Waals surface area contributed by atoms with Crippen LogP contribution >= 0.6 is 11.6 Å². The molecule has 32 heavy (non-hydrogen) atoms. The number of rotatable bonds is 7. The second-order valence-electron chi connectivity index (χ2n) is 10.3. The number of alkyl halides is 2. The Morgan fingerprint density at radius 3 is 2.50 bits per heavy atom. The minimum Gasteiger partial charge on any atom is -0.481 e. The molecule has 1 aliphatic carbocycles. The number of carboxylic acids is 1. The molecule has 5 nitrogen and oxygen atoms in total. The first kappa shape index (κ1) is 24.5. The zero-order chi connectivity index (χ0) is 23.9. The molecule has 1 aromatic rings. The van der Waals surface area contributed by atoms with Gasteiger partial charge in [-0.3, -0.25) is 4.79 Å². The number of carbonyl (C=O) groups is 2. The molecule has 0 spiro atoms. The van der Waals surface area contributed by atoms with Crippen molar-refractivity contribution in [2.45, 2.75) is 71.3 Å². The molecule has 0 radical (unpaired) electrons. The minimum atomic E-state index is -2.73. The van der Waals surface area contributed by atoms with Crippen LogP contribution in [0, 0.1) is 11.3 Å². The molecule has 2 amide bonds. The lowest BCUT2D eigenvalue weighted by Crippen LogP contribution is -2.57. The Morgan fingerprint density at radius 2 is 1.97 bits per heavy atom. The van der Waals surface area contributed by atoms with Crippen LogP contribution < -0.4 is 5.32 Å². The van der Waals surface area contributed by atoms with Crippen LogP contribution in [-0.4, -0.2) is 34.5 Å². The van der Waals surface area contributed by atoms with Gasteiger partial charge in [0.25, 0.3) is 0 Å². The Kier molecular flexibility index (Phi) is 6.62. The maximum atomic E-state index is 13.7. The molecule has 1 aromatic carbocycles. The number of carbonyl (C=O) groups excluding carboxylic acids is 1. The SMILES string of the molecule is CC(C)(C)CCc1ccc([C@]2(C)NC(=O)N(CCC(=O)O)C=C2C2CC(F)(F)C2)cc1Cl. The van der Waals surface area contributed by atoms with E-state index in [1.54, 1.807) is 19.2 Å². The van der Waals surface area contributed by atoms with Gasteiger partial charge in [0.15, 0.2) is 0 Å². The van der Waals surface area contributed by atoms with E-state index in [-0.39, 0.29) is 31.2 Å². The molecule has 176 valence electrons. The lowest BCUT2D eigenvalue weighted by molar-refractivity contribution is -0.137. The van der Waals surface area contributed by atoms with Crippen LogP contribution in [0.1, 0.15) is 64.5 Å². The first-order chi connectivity index (χ1) is 14.7. The first-order valence-corrected chi connectivity index (χ1v) is 11.3. The van der Waals surface area contributed by atoms with Crippen molar-refractivity contribution in [1.82, 2.24) is 10.2 Å². The first-order valence-electron chi connectivity index (χ1n) is 10.9. The van der Waals surface area contributed by atoms with E-state index >= 15 is 0 Å². The van der Waals surface area contributed by atoms with Gasteiger partial charge in [-0.1, -0.05) is 44.5 Å². The number of urea groups is 1. The quantitative estimate of drug-likeness (QED) is 0.518. The third kappa shape index (κ3) is 5.42. The van der Waals surface area contributed by atoms with E-state index in [2.05, 4.69) is 26.1 Å². The monoisotopic (exact) mass is 468 g/mol. The fourth-order valence-electron chi connectivity index (χ4n) is 4.30. The van der Waals surface area contributed by atoms with Crippen molar-refractivity contribution < 1.29 is 23.5 Å². The van der Waals surface area contributed by atoms with Gasteiger partial charge in [0.2, 0.25) is 5.92 Å². The number of amides is 2. The number of hydrogen-bond donors (Lipinski definition) is 2. The second kappa shape index (κ2) is 8.65. The number of carboxylic acid groups (broad SMARTS) is 1. The Bertz CT molecular complexity index is 934. The van der Waals surface area contributed by atoms with Gasteiger partial charge >= 0.3 is 12.0 Å². The highest BCUT2D eigenvalue weighted by atomic mass is 35.5. The number of aliphatic carboxylic acids is 1. The van der Waals surface area contributed by atoms with Gasteiger partial charge in [0, 0.05) is 30.6 Å². The Labute approximate surface area is 192 Å². The third-order valence-electron chi connectivity index (χ3n) is 6.36. The predicted molar refractivity (Wildman–Crippen MR) is 120 cm³/mol.